The Morgan fingerprint density at radius 1 is 1.12 bits per heavy atom. The molecule has 0 aliphatic carbocycles. The number of nitrogens with one attached hydrogen (secondary N) is 2. The second kappa shape index (κ2) is 13.6. The number of guanidine groups is 1. The van der Waals surface area contributed by atoms with Crippen LogP contribution in [-0.2, 0) is 17.8 Å². The fourth-order valence-corrected chi connectivity index (χ4v) is 2.66. The summed E-state index contributed by atoms with van der Waals surface area (Å²) in [6.45, 7) is 8.28. The van der Waals surface area contributed by atoms with E-state index in [1.54, 1.807) is 7.11 Å². The van der Waals surface area contributed by atoms with E-state index in [4.69, 9.17) is 9.73 Å². The predicted octanol–water partition coefficient (Wildman–Crippen LogP) is 1.77. The molecule has 0 heterocycles. The van der Waals surface area contributed by atoms with Crippen LogP contribution in [0.3, 0.4) is 0 Å². The first kappa shape index (κ1) is 22.4. The summed E-state index contributed by atoms with van der Waals surface area (Å²) in [5, 5.41) is 6.73. The van der Waals surface area contributed by atoms with Gasteiger partial charge in [-0.2, -0.15) is 0 Å². The summed E-state index contributed by atoms with van der Waals surface area (Å²) >= 11 is 0. The highest BCUT2D eigenvalue weighted by Crippen LogP contribution is 2.08. The molecular formula is C20H37N5O. The monoisotopic (exact) mass is 363 g/mol. The van der Waals surface area contributed by atoms with Gasteiger partial charge in [-0.15, -0.1) is 0 Å². The third-order valence-corrected chi connectivity index (χ3v) is 3.93. The molecule has 0 unspecified atom stereocenters. The number of methoxy groups -OCH3 is 1. The number of aliphatic imine (C=N–C) groups is 1. The molecule has 6 nitrogen and oxygen atoms in total. The van der Waals surface area contributed by atoms with Crippen LogP contribution in [0.25, 0.3) is 0 Å². The summed E-state index contributed by atoms with van der Waals surface area (Å²) in [5.74, 6) is 0.871. The standard InChI is InChI=1S/C20H37N5O/c1-6-21-20(22-11-13-25(4)12-8-14-26-5)23-16-18-9-7-10-19(15-18)17-24(2)3/h7,9-10,15H,6,8,11-14,16-17H2,1-5H3,(H2,21,22,23). The second-order valence-electron chi connectivity index (χ2n) is 6.83. The van der Waals surface area contributed by atoms with Crippen molar-refractivity contribution in [3.8, 4) is 0 Å². The Labute approximate surface area is 159 Å². The van der Waals surface area contributed by atoms with Gasteiger partial charge >= 0.3 is 0 Å². The number of hydrogen-bond donors (Lipinski definition) is 2. The van der Waals surface area contributed by atoms with E-state index in [9.17, 15) is 0 Å². The lowest BCUT2D eigenvalue weighted by atomic mass is 10.1. The first-order valence-electron chi connectivity index (χ1n) is 9.47. The van der Waals surface area contributed by atoms with E-state index in [0.717, 1.165) is 51.7 Å². The Kier molecular flexibility index (Phi) is 11.7. The van der Waals surface area contributed by atoms with Gasteiger partial charge in [-0.1, -0.05) is 24.3 Å². The van der Waals surface area contributed by atoms with Crippen molar-refractivity contribution in [1.82, 2.24) is 20.4 Å². The Morgan fingerprint density at radius 2 is 1.88 bits per heavy atom. The molecule has 26 heavy (non-hydrogen) atoms. The molecule has 0 amide bonds. The molecule has 0 saturated carbocycles. The third-order valence-electron chi connectivity index (χ3n) is 3.93. The minimum Gasteiger partial charge on any atom is -0.385 e. The van der Waals surface area contributed by atoms with Crippen LogP contribution in [0.5, 0.6) is 0 Å². The van der Waals surface area contributed by atoms with Crippen molar-refractivity contribution < 1.29 is 4.74 Å². The van der Waals surface area contributed by atoms with Crippen LogP contribution in [0.1, 0.15) is 24.5 Å². The van der Waals surface area contributed by atoms with Gasteiger partial charge in [-0.05, 0) is 45.6 Å². The molecular weight excluding hydrogens is 326 g/mol. The summed E-state index contributed by atoms with van der Waals surface area (Å²) in [4.78, 5) is 9.20. The molecule has 0 atom stereocenters. The van der Waals surface area contributed by atoms with Crippen LogP contribution in [0.2, 0.25) is 0 Å². The zero-order valence-corrected chi connectivity index (χ0v) is 17.2. The lowest BCUT2D eigenvalue weighted by Gasteiger charge is -2.18. The van der Waals surface area contributed by atoms with Crippen molar-refractivity contribution in [3.05, 3.63) is 35.4 Å². The maximum atomic E-state index is 5.10. The van der Waals surface area contributed by atoms with Crippen molar-refractivity contribution >= 4 is 5.96 Å². The highest BCUT2D eigenvalue weighted by atomic mass is 16.5. The molecule has 1 rings (SSSR count). The van der Waals surface area contributed by atoms with Gasteiger partial charge in [0.15, 0.2) is 5.96 Å². The fourth-order valence-electron chi connectivity index (χ4n) is 2.66. The van der Waals surface area contributed by atoms with Crippen molar-refractivity contribution in [2.75, 3.05) is 61.0 Å². The number of benzene rings is 1. The first-order chi connectivity index (χ1) is 12.5. The molecule has 1 aromatic rings. The molecule has 0 spiro atoms. The average Bonchev–Trinajstić information content (AvgIpc) is 2.59. The lowest BCUT2D eigenvalue weighted by molar-refractivity contribution is 0.180. The molecule has 148 valence electrons. The van der Waals surface area contributed by atoms with Crippen LogP contribution >= 0.6 is 0 Å². The molecule has 0 aliphatic rings. The Balaban J connectivity index is 2.47. The van der Waals surface area contributed by atoms with Crippen LogP contribution in [0, 0.1) is 0 Å². The molecule has 0 fully saturated rings. The zero-order chi connectivity index (χ0) is 19.2. The molecule has 0 aliphatic heterocycles. The van der Waals surface area contributed by atoms with Gasteiger partial charge in [0, 0.05) is 46.4 Å². The number of nitrogens with zero attached hydrogens (tertiary/aromatic N) is 3. The quantitative estimate of drug-likeness (QED) is 0.337. The summed E-state index contributed by atoms with van der Waals surface area (Å²) < 4.78 is 5.10. The molecule has 1 aromatic carbocycles. The average molecular weight is 364 g/mol. The van der Waals surface area contributed by atoms with Crippen LogP contribution in [0.4, 0.5) is 0 Å². The maximum absolute atomic E-state index is 5.10. The predicted molar refractivity (Wildman–Crippen MR) is 111 cm³/mol. The Hall–Kier alpha value is -1.63. The van der Waals surface area contributed by atoms with E-state index in [2.05, 4.69) is 72.8 Å². The maximum Gasteiger partial charge on any atom is 0.191 e. The lowest BCUT2D eigenvalue weighted by Crippen LogP contribution is -2.41. The second-order valence-corrected chi connectivity index (χ2v) is 6.83. The van der Waals surface area contributed by atoms with E-state index >= 15 is 0 Å². The first-order valence-corrected chi connectivity index (χ1v) is 9.47. The highest BCUT2D eigenvalue weighted by molar-refractivity contribution is 5.79. The number of likely N-dealkylation sites (N-methyl/N-ethyl adjacent to an activating group) is 1. The van der Waals surface area contributed by atoms with Crippen LogP contribution in [0.15, 0.2) is 29.3 Å². The SMILES string of the molecule is CCNC(=NCc1cccc(CN(C)C)c1)NCCN(C)CCCOC. The van der Waals surface area contributed by atoms with E-state index in [-0.39, 0.29) is 0 Å². The van der Waals surface area contributed by atoms with Gasteiger partial charge in [0.2, 0.25) is 0 Å². The molecule has 0 radical (unpaired) electrons. The van der Waals surface area contributed by atoms with Gasteiger partial charge in [-0.25, -0.2) is 4.99 Å². The van der Waals surface area contributed by atoms with Gasteiger partial charge in [-0.3, -0.25) is 0 Å². The van der Waals surface area contributed by atoms with Gasteiger partial charge in [0.25, 0.3) is 0 Å². The van der Waals surface area contributed by atoms with Crippen molar-refractivity contribution in [3.63, 3.8) is 0 Å². The normalized spacial score (nSPS) is 12.0. The fraction of sp³-hybridized carbons (Fsp3) is 0.650. The molecule has 0 bridgehead atoms. The molecule has 0 aromatic heterocycles. The van der Waals surface area contributed by atoms with Crippen molar-refractivity contribution in [1.29, 1.82) is 0 Å². The Bertz CT molecular complexity index is 519. The number of ether oxygens (including phenoxy) is 1. The third kappa shape index (κ3) is 10.4. The molecule has 0 saturated heterocycles. The van der Waals surface area contributed by atoms with Gasteiger partial charge in [0.05, 0.1) is 6.54 Å². The number of rotatable bonds is 12. The Morgan fingerprint density at radius 3 is 2.58 bits per heavy atom. The van der Waals surface area contributed by atoms with E-state index in [1.165, 1.54) is 11.1 Å². The summed E-state index contributed by atoms with van der Waals surface area (Å²) in [5.41, 5.74) is 2.55. The van der Waals surface area contributed by atoms with Crippen LogP contribution < -0.4 is 10.6 Å². The van der Waals surface area contributed by atoms with E-state index < -0.39 is 0 Å². The van der Waals surface area contributed by atoms with Gasteiger partial charge in [0.1, 0.15) is 0 Å². The highest BCUT2D eigenvalue weighted by Gasteiger charge is 2.02. The smallest absolute Gasteiger partial charge is 0.191 e. The minimum absolute atomic E-state index is 0.681. The molecule has 2 N–H and O–H groups in total. The topological polar surface area (TPSA) is 52.1 Å². The molecule has 6 heteroatoms. The summed E-state index contributed by atoms with van der Waals surface area (Å²) in [6.07, 6.45) is 1.06. The van der Waals surface area contributed by atoms with E-state index in [1.807, 2.05) is 0 Å². The van der Waals surface area contributed by atoms with Crippen LogP contribution in [-0.4, -0.2) is 76.8 Å². The largest absolute Gasteiger partial charge is 0.385 e. The summed E-state index contributed by atoms with van der Waals surface area (Å²) in [6, 6.07) is 8.64. The number of hydrogen-bond acceptors (Lipinski definition) is 4. The van der Waals surface area contributed by atoms with E-state index in [0.29, 0.717) is 6.54 Å². The van der Waals surface area contributed by atoms with Crippen molar-refractivity contribution in [2.24, 2.45) is 4.99 Å². The minimum atomic E-state index is 0.681. The van der Waals surface area contributed by atoms with Crippen molar-refractivity contribution in [2.45, 2.75) is 26.4 Å². The summed E-state index contributed by atoms with van der Waals surface area (Å²) in [7, 11) is 8.06. The van der Waals surface area contributed by atoms with Gasteiger partial charge < -0.3 is 25.2 Å². The zero-order valence-electron chi connectivity index (χ0n) is 17.2.